The maximum Gasteiger partial charge on any atom is 0.287 e. The van der Waals surface area contributed by atoms with Gasteiger partial charge in [-0.05, 0) is 68.9 Å². The molecule has 4 aliphatic carbocycles. The molecule has 0 aromatic heterocycles. The van der Waals surface area contributed by atoms with E-state index in [0.29, 0.717) is 19.4 Å². The Balaban J connectivity index is 1.58. The highest BCUT2D eigenvalue weighted by Crippen LogP contribution is 2.67. The summed E-state index contributed by atoms with van der Waals surface area (Å²) in [6, 6.07) is 0. The molecule has 6 atom stereocenters. The summed E-state index contributed by atoms with van der Waals surface area (Å²) in [4.78, 5) is 37.4. The molecule has 2 N–H and O–H groups in total. The van der Waals surface area contributed by atoms with Gasteiger partial charge >= 0.3 is 0 Å². The molecule has 0 heterocycles. The molecule has 0 bridgehead atoms. The molecule has 5 heteroatoms. The Hall–Kier alpha value is -1.75. The lowest BCUT2D eigenvalue weighted by Gasteiger charge is -2.60. The smallest absolute Gasteiger partial charge is 0.287 e. The van der Waals surface area contributed by atoms with Gasteiger partial charge in [-0.2, -0.15) is 0 Å². The Morgan fingerprint density at radius 1 is 1.17 bits per heavy atom. The lowest BCUT2D eigenvalue weighted by molar-refractivity contribution is -0.181. The third-order valence-electron chi connectivity index (χ3n) is 9.10. The Morgan fingerprint density at radius 2 is 1.93 bits per heavy atom. The summed E-state index contributed by atoms with van der Waals surface area (Å²) >= 11 is 0. The van der Waals surface area contributed by atoms with Gasteiger partial charge in [0.15, 0.2) is 5.78 Å². The molecule has 5 nitrogen and oxygen atoms in total. The minimum atomic E-state index is -0.941. The van der Waals surface area contributed by atoms with Gasteiger partial charge in [-0.15, -0.1) is 0 Å². The standard InChI is InChI=1S/C25H35NO4/c1-4-5-14-26-22(29)21(28)20-10-13-25(30)19-7-6-16-15-17(27)8-11-23(16,2)18(19)9-12-24(20,25)3/h8,11,15,18-20,30H,4-7,9-10,12-14H2,1-3H3,(H,26,29)/t18-,19+,20+,23-,24+,25?/m0/s1. The highest BCUT2D eigenvalue weighted by molar-refractivity contribution is 6.37. The number of hydrogen-bond donors (Lipinski definition) is 2. The van der Waals surface area contributed by atoms with Crippen molar-refractivity contribution in [2.45, 2.75) is 77.7 Å². The summed E-state index contributed by atoms with van der Waals surface area (Å²) in [5.74, 6) is -0.868. The highest BCUT2D eigenvalue weighted by Gasteiger charge is 2.67. The van der Waals surface area contributed by atoms with Gasteiger partial charge in [0, 0.05) is 23.3 Å². The summed E-state index contributed by atoms with van der Waals surface area (Å²) in [6.07, 6.45) is 11.8. The lowest BCUT2D eigenvalue weighted by Crippen LogP contribution is -2.61. The predicted octanol–water partition coefficient (Wildman–Crippen LogP) is 3.51. The lowest BCUT2D eigenvalue weighted by atomic mass is 9.46. The van der Waals surface area contributed by atoms with E-state index in [1.807, 2.05) is 19.9 Å². The Bertz CT molecular complexity index is 829. The summed E-state index contributed by atoms with van der Waals surface area (Å²) < 4.78 is 0. The van der Waals surface area contributed by atoms with E-state index in [1.54, 1.807) is 12.2 Å². The van der Waals surface area contributed by atoms with Crippen LogP contribution in [0.1, 0.15) is 72.1 Å². The molecule has 0 spiro atoms. The third kappa shape index (κ3) is 2.96. The van der Waals surface area contributed by atoms with Crippen LogP contribution < -0.4 is 5.32 Å². The first-order valence-electron chi connectivity index (χ1n) is 11.7. The predicted molar refractivity (Wildman–Crippen MR) is 114 cm³/mol. The Kier molecular flexibility index (Phi) is 5.32. The quantitative estimate of drug-likeness (QED) is 0.534. The van der Waals surface area contributed by atoms with Crippen LogP contribution in [0.15, 0.2) is 23.8 Å². The van der Waals surface area contributed by atoms with Crippen molar-refractivity contribution >= 4 is 17.5 Å². The number of nitrogens with one attached hydrogen (secondary N) is 1. The molecule has 0 aromatic rings. The number of fused-ring (bicyclic) bond motifs is 5. The number of amides is 1. The maximum atomic E-state index is 13.0. The van der Waals surface area contributed by atoms with Gasteiger partial charge in [0.1, 0.15) is 0 Å². The molecule has 1 unspecified atom stereocenters. The molecule has 0 radical (unpaired) electrons. The average Bonchev–Trinajstić information content (AvgIpc) is 2.99. The number of Topliss-reactive ketones (excluding diaryl/α,β-unsaturated/α-hetero) is 1. The second kappa shape index (κ2) is 7.44. The molecule has 4 rings (SSSR count). The topological polar surface area (TPSA) is 83.5 Å². The van der Waals surface area contributed by atoms with Crippen LogP contribution in [0.25, 0.3) is 0 Å². The number of ketones is 2. The number of allylic oxidation sites excluding steroid dienone is 4. The third-order valence-corrected chi connectivity index (χ3v) is 9.10. The van der Waals surface area contributed by atoms with Crippen LogP contribution in [-0.2, 0) is 14.4 Å². The largest absolute Gasteiger partial charge is 0.389 e. The van der Waals surface area contributed by atoms with E-state index in [0.717, 1.165) is 38.5 Å². The van der Waals surface area contributed by atoms with Gasteiger partial charge in [0.05, 0.1) is 5.60 Å². The summed E-state index contributed by atoms with van der Waals surface area (Å²) in [5, 5.41) is 14.8. The van der Waals surface area contributed by atoms with Gasteiger partial charge in [-0.3, -0.25) is 14.4 Å². The number of aliphatic hydroxyl groups is 1. The van der Waals surface area contributed by atoms with Crippen molar-refractivity contribution in [1.29, 1.82) is 0 Å². The van der Waals surface area contributed by atoms with E-state index in [9.17, 15) is 19.5 Å². The monoisotopic (exact) mass is 413 g/mol. The molecule has 164 valence electrons. The zero-order valence-corrected chi connectivity index (χ0v) is 18.5. The molecular weight excluding hydrogens is 378 g/mol. The van der Waals surface area contributed by atoms with E-state index < -0.39 is 22.8 Å². The van der Waals surface area contributed by atoms with Crippen LogP contribution in [-0.4, -0.2) is 34.7 Å². The molecular formula is C25H35NO4. The number of carbonyl (C=O) groups excluding carboxylic acids is 3. The zero-order chi connectivity index (χ0) is 21.7. The molecule has 3 saturated carbocycles. The van der Waals surface area contributed by atoms with Gasteiger partial charge in [-0.25, -0.2) is 0 Å². The van der Waals surface area contributed by atoms with E-state index in [-0.39, 0.29) is 28.8 Å². The summed E-state index contributed by atoms with van der Waals surface area (Å²) in [5.41, 5.74) is -0.527. The number of hydrogen-bond acceptors (Lipinski definition) is 4. The summed E-state index contributed by atoms with van der Waals surface area (Å²) in [7, 11) is 0. The van der Waals surface area contributed by atoms with Crippen LogP contribution in [0, 0.1) is 28.6 Å². The fourth-order valence-corrected chi connectivity index (χ4v) is 7.21. The number of rotatable bonds is 5. The normalized spacial score (nSPS) is 42.1. The molecule has 0 aromatic carbocycles. The Labute approximate surface area is 179 Å². The highest BCUT2D eigenvalue weighted by atomic mass is 16.3. The Morgan fingerprint density at radius 3 is 2.67 bits per heavy atom. The SMILES string of the molecule is CCCCNC(=O)C(=O)[C@H]1CCC2(O)[C@@H]3CCC4=CC(=O)C=C[C@]4(C)[C@H]3CC[C@]12C. The van der Waals surface area contributed by atoms with Crippen molar-refractivity contribution in [1.82, 2.24) is 5.32 Å². The van der Waals surface area contributed by atoms with Gasteiger partial charge in [-0.1, -0.05) is 38.8 Å². The first kappa shape index (κ1) is 21.5. The second-order valence-corrected chi connectivity index (χ2v) is 10.4. The van der Waals surface area contributed by atoms with E-state index in [4.69, 9.17) is 0 Å². The number of carbonyl (C=O) groups is 3. The van der Waals surface area contributed by atoms with E-state index >= 15 is 0 Å². The van der Waals surface area contributed by atoms with Crippen molar-refractivity contribution in [2.75, 3.05) is 6.54 Å². The van der Waals surface area contributed by atoms with Crippen LogP contribution in [0.3, 0.4) is 0 Å². The second-order valence-electron chi connectivity index (χ2n) is 10.4. The molecule has 1 amide bonds. The van der Waals surface area contributed by atoms with Crippen LogP contribution >= 0.6 is 0 Å². The maximum absolute atomic E-state index is 13.0. The van der Waals surface area contributed by atoms with Gasteiger partial charge < -0.3 is 10.4 Å². The van der Waals surface area contributed by atoms with E-state index in [1.165, 1.54) is 5.57 Å². The first-order chi connectivity index (χ1) is 14.2. The van der Waals surface area contributed by atoms with Crippen molar-refractivity contribution < 1.29 is 19.5 Å². The fourth-order valence-electron chi connectivity index (χ4n) is 7.21. The number of unbranched alkanes of at least 4 members (excludes halogenated alkanes) is 1. The average molecular weight is 414 g/mol. The zero-order valence-electron chi connectivity index (χ0n) is 18.5. The van der Waals surface area contributed by atoms with Crippen molar-refractivity contribution in [3.8, 4) is 0 Å². The first-order valence-corrected chi connectivity index (χ1v) is 11.7. The van der Waals surface area contributed by atoms with Crippen LogP contribution in [0.2, 0.25) is 0 Å². The van der Waals surface area contributed by atoms with Gasteiger partial charge in [0.2, 0.25) is 5.78 Å². The minimum absolute atomic E-state index is 0.0564. The molecule has 30 heavy (non-hydrogen) atoms. The van der Waals surface area contributed by atoms with Crippen molar-refractivity contribution in [3.63, 3.8) is 0 Å². The van der Waals surface area contributed by atoms with Crippen molar-refractivity contribution in [2.24, 2.45) is 28.6 Å². The molecule has 3 fully saturated rings. The molecule has 0 aliphatic heterocycles. The van der Waals surface area contributed by atoms with Gasteiger partial charge in [0.25, 0.3) is 5.91 Å². The van der Waals surface area contributed by atoms with E-state index in [2.05, 4.69) is 12.2 Å². The molecule has 0 saturated heterocycles. The van der Waals surface area contributed by atoms with Crippen LogP contribution in [0.4, 0.5) is 0 Å². The summed E-state index contributed by atoms with van der Waals surface area (Å²) in [6.45, 7) is 6.81. The van der Waals surface area contributed by atoms with Crippen LogP contribution in [0.5, 0.6) is 0 Å². The fraction of sp³-hybridized carbons (Fsp3) is 0.720. The molecule has 4 aliphatic rings. The minimum Gasteiger partial charge on any atom is -0.389 e. The van der Waals surface area contributed by atoms with Crippen molar-refractivity contribution in [3.05, 3.63) is 23.8 Å².